The summed E-state index contributed by atoms with van der Waals surface area (Å²) < 4.78 is 5.81. The van der Waals surface area contributed by atoms with Crippen molar-refractivity contribution >= 4 is 24.1 Å². The third kappa shape index (κ3) is 5.14. The highest BCUT2D eigenvalue weighted by Gasteiger charge is 2.48. The van der Waals surface area contributed by atoms with Crippen LogP contribution in [0.3, 0.4) is 0 Å². The molecule has 9 nitrogen and oxygen atoms in total. The molecule has 2 aliphatic rings. The quantitative estimate of drug-likeness (QED) is 0.501. The number of nitrogens with one attached hydrogen (secondary N) is 2. The number of hydrogen-bond donors (Lipinski definition) is 2. The summed E-state index contributed by atoms with van der Waals surface area (Å²) in [6.45, 7) is 5.23. The number of nitrogens with zero attached hydrogens (tertiary/aromatic N) is 4. The van der Waals surface area contributed by atoms with Gasteiger partial charge in [0.2, 0.25) is 5.96 Å². The van der Waals surface area contributed by atoms with Crippen molar-refractivity contribution in [2.24, 2.45) is 16.0 Å². The number of benzene rings is 2. The van der Waals surface area contributed by atoms with Gasteiger partial charge < -0.3 is 14.5 Å². The molecule has 0 bridgehead atoms. The van der Waals surface area contributed by atoms with Gasteiger partial charge in [-0.25, -0.2) is 15.2 Å². The van der Waals surface area contributed by atoms with Crippen molar-refractivity contribution in [3.63, 3.8) is 0 Å². The first-order chi connectivity index (χ1) is 15.9. The second kappa shape index (κ2) is 9.72. The number of fused-ring (bicyclic) bond motifs is 1. The number of guanidine groups is 1. The van der Waals surface area contributed by atoms with Crippen LogP contribution in [0.25, 0.3) is 0 Å². The average Bonchev–Trinajstić information content (AvgIpc) is 3.16. The third-order valence-corrected chi connectivity index (χ3v) is 5.43. The summed E-state index contributed by atoms with van der Waals surface area (Å²) in [5.74, 6) is 1.18. The van der Waals surface area contributed by atoms with Gasteiger partial charge in [0.25, 0.3) is 5.91 Å². The standard InChI is InChI=1S/C24H28N6O3/c1-16(2)14-30-20-21(29(3)24(32)27-22(20)31)26-23(30)28-25-13-17-9-11-19(12-10-17)33-15-18-7-5-4-6-8-18/h4-13,16,20-21H,14-15H2,1-3H3,(H,26,28)(H,27,31,32)/b25-13+. The Labute approximate surface area is 193 Å². The number of aliphatic imine (C=N–C) groups is 1. The Morgan fingerprint density at radius 1 is 1.15 bits per heavy atom. The van der Waals surface area contributed by atoms with Crippen LogP contribution in [0.1, 0.15) is 25.0 Å². The van der Waals surface area contributed by atoms with Gasteiger partial charge in [-0.05, 0) is 41.3 Å². The molecule has 33 heavy (non-hydrogen) atoms. The van der Waals surface area contributed by atoms with Gasteiger partial charge in [-0.15, -0.1) is 0 Å². The van der Waals surface area contributed by atoms with Crippen molar-refractivity contribution in [3.05, 3.63) is 65.7 Å². The summed E-state index contributed by atoms with van der Waals surface area (Å²) in [4.78, 5) is 32.3. The van der Waals surface area contributed by atoms with Crippen LogP contribution in [-0.4, -0.2) is 59.7 Å². The fourth-order valence-electron chi connectivity index (χ4n) is 3.77. The smallest absolute Gasteiger partial charge is 0.325 e. The van der Waals surface area contributed by atoms with E-state index in [9.17, 15) is 9.59 Å². The van der Waals surface area contributed by atoms with E-state index in [1.165, 1.54) is 4.90 Å². The van der Waals surface area contributed by atoms with Gasteiger partial charge in [0.05, 0.1) is 6.21 Å². The van der Waals surface area contributed by atoms with E-state index in [-0.39, 0.29) is 5.91 Å². The molecule has 0 saturated carbocycles. The zero-order valence-corrected chi connectivity index (χ0v) is 18.9. The first kappa shape index (κ1) is 22.3. The highest BCUT2D eigenvalue weighted by molar-refractivity contribution is 6.03. The Morgan fingerprint density at radius 3 is 2.58 bits per heavy atom. The minimum absolute atomic E-state index is 0.291. The van der Waals surface area contributed by atoms with Crippen LogP contribution in [0.15, 0.2) is 64.7 Å². The number of carbonyl (C=O) groups is 2. The van der Waals surface area contributed by atoms with E-state index in [0.717, 1.165) is 16.9 Å². The number of rotatable bonds is 7. The van der Waals surface area contributed by atoms with E-state index in [4.69, 9.17) is 4.74 Å². The van der Waals surface area contributed by atoms with Crippen LogP contribution in [0.2, 0.25) is 0 Å². The Hall–Kier alpha value is -3.88. The number of hydrogen-bond acceptors (Lipinski definition) is 7. The fraction of sp³-hybridized carbons (Fsp3) is 0.333. The van der Waals surface area contributed by atoms with Gasteiger partial charge in [0, 0.05) is 13.6 Å². The molecule has 2 aliphatic heterocycles. The molecule has 2 heterocycles. The van der Waals surface area contributed by atoms with Gasteiger partial charge in [0.15, 0.2) is 12.2 Å². The summed E-state index contributed by atoms with van der Waals surface area (Å²) in [6, 6.07) is 16.6. The summed E-state index contributed by atoms with van der Waals surface area (Å²) in [6.07, 6.45) is 1.09. The van der Waals surface area contributed by atoms with Crippen molar-refractivity contribution in [1.29, 1.82) is 0 Å². The molecule has 2 unspecified atom stereocenters. The SMILES string of the molecule is CC(C)CN1C(N/N=C/c2ccc(OCc3ccccc3)cc2)=NC2C1C(=O)NC(=O)N2C. The lowest BCUT2D eigenvalue weighted by atomic mass is 10.1. The average molecular weight is 449 g/mol. The maximum Gasteiger partial charge on any atom is 0.325 e. The monoisotopic (exact) mass is 448 g/mol. The predicted octanol–water partition coefficient (Wildman–Crippen LogP) is 2.39. The topological polar surface area (TPSA) is 98.6 Å². The van der Waals surface area contributed by atoms with Crippen LogP contribution in [0, 0.1) is 5.92 Å². The van der Waals surface area contributed by atoms with Crippen molar-refractivity contribution < 1.29 is 14.3 Å². The molecule has 9 heteroatoms. The third-order valence-electron chi connectivity index (χ3n) is 5.43. The molecule has 1 saturated heterocycles. The summed E-state index contributed by atoms with van der Waals surface area (Å²) in [7, 11) is 1.63. The molecule has 2 aromatic carbocycles. The first-order valence-electron chi connectivity index (χ1n) is 10.9. The Bertz CT molecular complexity index is 1050. The maximum atomic E-state index is 12.5. The zero-order chi connectivity index (χ0) is 23.4. The van der Waals surface area contributed by atoms with E-state index in [1.54, 1.807) is 13.3 Å². The number of hydrazone groups is 1. The van der Waals surface area contributed by atoms with Gasteiger partial charge >= 0.3 is 6.03 Å². The number of ether oxygens (including phenoxy) is 1. The lowest BCUT2D eigenvalue weighted by molar-refractivity contribution is -0.127. The van der Waals surface area contributed by atoms with Gasteiger partial charge in [-0.3, -0.25) is 10.1 Å². The minimum atomic E-state index is -0.580. The molecule has 0 spiro atoms. The molecular formula is C24H28N6O3. The summed E-state index contributed by atoms with van der Waals surface area (Å²) in [5.41, 5.74) is 4.94. The number of carbonyl (C=O) groups excluding carboxylic acids is 2. The fourth-order valence-corrected chi connectivity index (χ4v) is 3.77. The molecule has 0 aromatic heterocycles. The minimum Gasteiger partial charge on any atom is -0.489 e. The van der Waals surface area contributed by atoms with Gasteiger partial charge in [0.1, 0.15) is 12.4 Å². The molecule has 2 N–H and O–H groups in total. The van der Waals surface area contributed by atoms with Crippen LogP contribution < -0.4 is 15.5 Å². The Morgan fingerprint density at radius 2 is 1.88 bits per heavy atom. The Kier molecular flexibility index (Phi) is 6.58. The lowest BCUT2D eigenvalue weighted by Gasteiger charge is -2.36. The lowest BCUT2D eigenvalue weighted by Crippen LogP contribution is -2.64. The highest BCUT2D eigenvalue weighted by atomic mass is 16.5. The molecule has 2 aromatic rings. The van der Waals surface area contributed by atoms with Gasteiger partial charge in [-0.1, -0.05) is 44.2 Å². The molecule has 0 radical (unpaired) electrons. The van der Waals surface area contributed by atoms with Gasteiger partial charge in [-0.2, -0.15) is 5.10 Å². The predicted molar refractivity (Wildman–Crippen MR) is 126 cm³/mol. The van der Waals surface area contributed by atoms with Crippen LogP contribution in [-0.2, 0) is 11.4 Å². The molecule has 0 aliphatic carbocycles. The molecule has 2 atom stereocenters. The van der Waals surface area contributed by atoms with E-state index in [1.807, 2.05) is 59.5 Å². The zero-order valence-electron chi connectivity index (χ0n) is 18.9. The van der Waals surface area contributed by atoms with Crippen molar-refractivity contribution in [3.8, 4) is 5.75 Å². The second-order valence-corrected chi connectivity index (χ2v) is 8.48. The van der Waals surface area contributed by atoms with Crippen LogP contribution >= 0.6 is 0 Å². The van der Waals surface area contributed by atoms with Crippen LogP contribution in [0.4, 0.5) is 4.79 Å². The molecule has 172 valence electrons. The number of likely N-dealkylation sites (N-methyl/N-ethyl adjacent to an activating group) is 1. The molecule has 1 fully saturated rings. The van der Waals surface area contributed by atoms with Crippen molar-refractivity contribution in [2.45, 2.75) is 32.7 Å². The number of imide groups is 1. The number of amides is 3. The summed E-state index contributed by atoms with van der Waals surface area (Å²) >= 11 is 0. The van der Waals surface area contributed by atoms with Crippen molar-refractivity contribution in [2.75, 3.05) is 13.6 Å². The van der Waals surface area contributed by atoms with E-state index in [2.05, 4.69) is 34.7 Å². The van der Waals surface area contributed by atoms with E-state index < -0.39 is 18.2 Å². The molecule has 3 amide bonds. The molecular weight excluding hydrogens is 420 g/mol. The first-order valence-corrected chi connectivity index (χ1v) is 10.9. The second-order valence-electron chi connectivity index (χ2n) is 8.48. The summed E-state index contributed by atoms with van der Waals surface area (Å²) in [5, 5.41) is 6.70. The van der Waals surface area contributed by atoms with Crippen LogP contribution in [0.5, 0.6) is 5.75 Å². The van der Waals surface area contributed by atoms with Crippen molar-refractivity contribution in [1.82, 2.24) is 20.5 Å². The maximum absolute atomic E-state index is 12.5. The Balaban J connectivity index is 1.40. The normalized spacial score (nSPS) is 20.2. The largest absolute Gasteiger partial charge is 0.489 e. The van der Waals surface area contributed by atoms with E-state index >= 15 is 0 Å². The molecule has 4 rings (SSSR count). The van der Waals surface area contributed by atoms with E-state index in [0.29, 0.717) is 25.0 Å². The number of urea groups is 1. The highest BCUT2D eigenvalue weighted by Crippen LogP contribution is 2.24.